The van der Waals surface area contributed by atoms with E-state index in [0.717, 1.165) is 34.5 Å². The number of rotatable bonds is 12. The Kier molecular flexibility index (Phi) is 10.4. The third-order valence-corrected chi connectivity index (χ3v) is 8.11. The number of hydrogen-bond donors (Lipinski definition) is 2. The van der Waals surface area contributed by atoms with Crippen molar-refractivity contribution in [2.75, 3.05) is 23.5 Å². The highest BCUT2D eigenvalue weighted by Gasteiger charge is 2.24. The first-order valence-corrected chi connectivity index (χ1v) is 15.1. The molecule has 1 aromatic heterocycles. The molecule has 0 unspecified atom stereocenters. The molecule has 0 spiro atoms. The summed E-state index contributed by atoms with van der Waals surface area (Å²) in [6, 6.07) is 12.9. The lowest BCUT2D eigenvalue weighted by Gasteiger charge is -2.31. The summed E-state index contributed by atoms with van der Waals surface area (Å²) in [5.74, 6) is -0.103. The molecule has 0 aliphatic heterocycles. The Labute approximate surface area is 235 Å². The second-order valence-corrected chi connectivity index (χ2v) is 11.3. The van der Waals surface area contributed by atoms with Crippen molar-refractivity contribution in [3.63, 3.8) is 0 Å². The second kappa shape index (κ2) is 14.1. The molecule has 1 fully saturated rings. The molecule has 2 aromatic carbocycles. The summed E-state index contributed by atoms with van der Waals surface area (Å²) in [5, 5.41) is 12.4. The monoisotopic (exact) mass is 546 g/mol. The molecule has 1 aliphatic carbocycles. The largest absolute Gasteiger partial charge is 0.480 e. The van der Waals surface area contributed by atoms with Gasteiger partial charge in [-0.25, -0.2) is 14.8 Å². The Morgan fingerprint density at radius 3 is 2.51 bits per heavy atom. The van der Waals surface area contributed by atoms with Crippen molar-refractivity contribution in [2.24, 2.45) is 5.92 Å². The number of nitrogens with zero attached hydrogens (tertiary/aromatic N) is 3. The van der Waals surface area contributed by atoms with E-state index in [9.17, 15) is 14.7 Å². The van der Waals surface area contributed by atoms with Crippen molar-refractivity contribution in [1.82, 2.24) is 15.3 Å². The lowest BCUT2D eigenvalue weighted by Crippen LogP contribution is -2.41. The van der Waals surface area contributed by atoms with Gasteiger partial charge in [-0.05, 0) is 78.5 Å². The van der Waals surface area contributed by atoms with Gasteiger partial charge >= 0.3 is 5.97 Å². The highest BCUT2D eigenvalue weighted by atomic mass is 32.2. The van der Waals surface area contributed by atoms with Gasteiger partial charge in [0, 0.05) is 18.7 Å². The first-order chi connectivity index (χ1) is 19.0. The average Bonchev–Trinajstić information content (AvgIpc) is 2.96. The molecule has 1 amide bonds. The molecule has 1 saturated carbocycles. The smallest absolute Gasteiger partial charge is 0.326 e. The summed E-state index contributed by atoms with van der Waals surface area (Å²) >= 11 is 1.56. The topological polar surface area (TPSA) is 95.4 Å². The SMILES string of the molecule is CSCC[C@H](NC(=O)c1ccc(CN(CC2CCCCC2)c2cncnc2)cc1-c1ccccc1C)C(=O)O. The predicted octanol–water partition coefficient (Wildman–Crippen LogP) is 5.98. The van der Waals surface area contributed by atoms with Gasteiger partial charge in [0.2, 0.25) is 0 Å². The zero-order valence-electron chi connectivity index (χ0n) is 22.8. The van der Waals surface area contributed by atoms with Crippen LogP contribution in [0.25, 0.3) is 11.1 Å². The molecule has 1 aliphatic rings. The highest BCUT2D eigenvalue weighted by Crippen LogP contribution is 2.31. The molecule has 0 radical (unpaired) electrons. The fourth-order valence-electron chi connectivity index (χ4n) is 5.33. The normalized spacial score (nSPS) is 14.5. The molecular weight excluding hydrogens is 508 g/mol. The zero-order chi connectivity index (χ0) is 27.6. The Morgan fingerprint density at radius 1 is 1.08 bits per heavy atom. The molecule has 1 atom stereocenters. The fraction of sp³-hybridized carbons (Fsp3) is 0.419. The quantitative estimate of drug-likeness (QED) is 0.289. The number of thioether (sulfide) groups is 1. The molecule has 39 heavy (non-hydrogen) atoms. The van der Waals surface area contributed by atoms with Crippen LogP contribution in [0.3, 0.4) is 0 Å². The van der Waals surface area contributed by atoms with Crippen LogP contribution in [0.1, 0.15) is 60.0 Å². The Morgan fingerprint density at radius 2 is 1.82 bits per heavy atom. The van der Waals surface area contributed by atoms with Crippen LogP contribution in [-0.2, 0) is 11.3 Å². The van der Waals surface area contributed by atoms with E-state index in [1.807, 2.05) is 62.0 Å². The van der Waals surface area contributed by atoms with E-state index < -0.39 is 12.0 Å². The van der Waals surface area contributed by atoms with Gasteiger partial charge < -0.3 is 15.3 Å². The van der Waals surface area contributed by atoms with Crippen LogP contribution in [0.15, 0.2) is 61.2 Å². The first-order valence-electron chi connectivity index (χ1n) is 13.7. The van der Waals surface area contributed by atoms with Gasteiger partial charge in [-0.15, -0.1) is 0 Å². The van der Waals surface area contributed by atoms with Gasteiger partial charge in [-0.3, -0.25) is 4.79 Å². The molecule has 8 heteroatoms. The highest BCUT2D eigenvalue weighted by molar-refractivity contribution is 7.98. The Bertz CT molecular complexity index is 1250. The van der Waals surface area contributed by atoms with Gasteiger partial charge in [-0.2, -0.15) is 11.8 Å². The number of hydrogen-bond acceptors (Lipinski definition) is 6. The summed E-state index contributed by atoms with van der Waals surface area (Å²) in [6.07, 6.45) is 13.9. The number of carboxylic acids is 1. The van der Waals surface area contributed by atoms with Crippen LogP contribution in [-0.4, -0.2) is 51.5 Å². The van der Waals surface area contributed by atoms with E-state index in [0.29, 0.717) is 30.2 Å². The third-order valence-electron chi connectivity index (χ3n) is 7.47. The summed E-state index contributed by atoms with van der Waals surface area (Å²) in [5.41, 5.74) is 5.35. The number of amides is 1. The number of nitrogens with one attached hydrogen (secondary N) is 1. The number of carbonyl (C=O) groups is 2. The van der Waals surface area contributed by atoms with Crippen molar-refractivity contribution in [2.45, 2.75) is 58.0 Å². The maximum atomic E-state index is 13.4. The van der Waals surface area contributed by atoms with E-state index in [4.69, 9.17) is 0 Å². The van der Waals surface area contributed by atoms with Gasteiger partial charge in [-0.1, -0.05) is 49.6 Å². The molecule has 0 bridgehead atoms. The molecule has 2 N–H and O–H groups in total. The summed E-state index contributed by atoms with van der Waals surface area (Å²) in [7, 11) is 0. The minimum atomic E-state index is -1.02. The molecule has 3 aromatic rings. The van der Waals surface area contributed by atoms with E-state index >= 15 is 0 Å². The van der Waals surface area contributed by atoms with Gasteiger partial charge in [0.15, 0.2) is 0 Å². The number of aliphatic carboxylic acids is 1. The minimum Gasteiger partial charge on any atom is -0.480 e. The van der Waals surface area contributed by atoms with Gasteiger partial charge in [0.25, 0.3) is 5.91 Å². The van der Waals surface area contributed by atoms with Crippen LogP contribution in [0, 0.1) is 12.8 Å². The molecule has 1 heterocycles. The molecule has 7 nitrogen and oxygen atoms in total. The number of aryl methyl sites for hydroxylation is 1. The van der Waals surface area contributed by atoms with Crippen molar-refractivity contribution in [3.8, 4) is 11.1 Å². The maximum absolute atomic E-state index is 13.4. The summed E-state index contributed by atoms with van der Waals surface area (Å²) in [4.78, 5) is 36.1. The maximum Gasteiger partial charge on any atom is 0.326 e. The van der Waals surface area contributed by atoms with Crippen molar-refractivity contribution in [3.05, 3.63) is 77.9 Å². The molecular formula is C31H38N4O3S. The van der Waals surface area contributed by atoms with E-state index in [2.05, 4.69) is 26.3 Å². The van der Waals surface area contributed by atoms with Crippen LogP contribution < -0.4 is 10.2 Å². The summed E-state index contributed by atoms with van der Waals surface area (Å²) in [6.45, 7) is 3.63. The van der Waals surface area contributed by atoms with Crippen LogP contribution in [0.4, 0.5) is 5.69 Å². The van der Waals surface area contributed by atoms with Crippen molar-refractivity contribution < 1.29 is 14.7 Å². The lowest BCUT2D eigenvalue weighted by molar-refractivity contribution is -0.139. The molecule has 0 saturated heterocycles. The first kappa shape index (κ1) is 28.6. The average molecular weight is 547 g/mol. The van der Waals surface area contributed by atoms with E-state index in [1.54, 1.807) is 18.1 Å². The van der Waals surface area contributed by atoms with Crippen LogP contribution in [0.5, 0.6) is 0 Å². The number of carbonyl (C=O) groups excluding carboxylic acids is 1. The standard InChI is InChI=1S/C31H38N4O3S/c1-22-8-6-7-11-26(22)28-16-24(12-13-27(28)30(36)34-29(31(37)38)14-15-39-2)20-35(25-17-32-21-33-18-25)19-23-9-4-3-5-10-23/h6-8,11-13,16-18,21,23,29H,3-5,9-10,14-15,19-20H2,1-2H3,(H,34,36)(H,37,38)/t29-/m0/s1. The number of anilines is 1. The zero-order valence-corrected chi connectivity index (χ0v) is 23.6. The van der Waals surface area contributed by atoms with Gasteiger partial charge in [0.05, 0.1) is 18.1 Å². The van der Waals surface area contributed by atoms with E-state index in [1.165, 1.54) is 32.1 Å². The predicted molar refractivity (Wildman–Crippen MR) is 158 cm³/mol. The van der Waals surface area contributed by atoms with Crippen molar-refractivity contribution in [1.29, 1.82) is 0 Å². The molecule has 4 rings (SSSR count). The Balaban J connectivity index is 1.66. The Hall–Kier alpha value is -3.39. The van der Waals surface area contributed by atoms with E-state index in [-0.39, 0.29) is 5.91 Å². The second-order valence-electron chi connectivity index (χ2n) is 10.3. The lowest BCUT2D eigenvalue weighted by atomic mass is 9.88. The summed E-state index contributed by atoms with van der Waals surface area (Å²) < 4.78 is 0. The van der Waals surface area contributed by atoms with Crippen molar-refractivity contribution >= 4 is 29.3 Å². The third kappa shape index (κ3) is 7.82. The van der Waals surface area contributed by atoms with Gasteiger partial charge in [0.1, 0.15) is 12.4 Å². The number of carboxylic acid groups (broad SMARTS) is 1. The minimum absolute atomic E-state index is 0.370. The van der Waals surface area contributed by atoms with Crippen LogP contribution >= 0.6 is 11.8 Å². The fourth-order valence-corrected chi connectivity index (χ4v) is 5.80. The van der Waals surface area contributed by atoms with Crippen LogP contribution in [0.2, 0.25) is 0 Å². The molecule has 206 valence electrons. The number of aromatic nitrogens is 2. The number of benzene rings is 2.